The summed E-state index contributed by atoms with van der Waals surface area (Å²) < 4.78 is 5.95. The van der Waals surface area contributed by atoms with Crippen molar-refractivity contribution >= 4 is 0 Å². The van der Waals surface area contributed by atoms with Crippen LogP contribution in [0.3, 0.4) is 0 Å². The van der Waals surface area contributed by atoms with Crippen LogP contribution in [0.1, 0.15) is 52.7 Å². The van der Waals surface area contributed by atoms with E-state index in [1.54, 1.807) is 0 Å². The summed E-state index contributed by atoms with van der Waals surface area (Å²) in [6.45, 7) is 13.6. The van der Waals surface area contributed by atoms with Gasteiger partial charge >= 0.3 is 0 Å². The van der Waals surface area contributed by atoms with Crippen LogP contribution in [-0.4, -0.2) is 0 Å². The number of ether oxygens (including phenoxy) is 1. The molecule has 0 heterocycles. The molecule has 0 N–H and O–H groups in total. The first-order valence-electron chi connectivity index (χ1n) is 8.47. The van der Waals surface area contributed by atoms with Crippen molar-refractivity contribution in [3.63, 3.8) is 0 Å². The average Bonchev–Trinajstić information content (AvgIpc) is 2.40. The molecule has 124 valence electrons. The second-order valence-electron chi connectivity index (χ2n) is 8.86. The van der Waals surface area contributed by atoms with Crippen LogP contribution in [-0.2, 0) is 12.8 Å². The van der Waals surface area contributed by atoms with E-state index in [1.807, 2.05) is 0 Å². The molecule has 0 aliphatic heterocycles. The lowest BCUT2D eigenvalue weighted by Crippen LogP contribution is -2.09. The summed E-state index contributed by atoms with van der Waals surface area (Å²) >= 11 is 0. The van der Waals surface area contributed by atoms with Gasteiger partial charge in [-0.3, -0.25) is 0 Å². The van der Waals surface area contributed by atoms with Crippen molar-refractivity contribution in [2.24, 2.45) is 10.8 Å². The molecule has 0 amide bonds. The third-order valence-corrected chi connectivity index (χ3v) is 3.55. The fraction of sp³-hybridized carbons (Fsp3) is 0.455. The van der Waals surface area contributed by atoms with E-state index in [9.17, 15) is 0 Å². The van der Waals surface area contributed by atoms with Gasteiger partial charge in [0.05, 0.1) is 0 Å². The lowest BCUT2D eigenvalue weighted by Gasteiger charge is -2.18. The first-order chi connectivity index (χ1) is 10.6. The molecule has 2 aromatic carbocycles. The van der Waals surface area contributed by atoms with Gasteiger partial charge in [-0.25, -0.2) is 0 Å². The predicted octanol–water partition coefficient (Wildman–Crippen LogP) is 6.66. The van der Waals surface area contributed by atoms with E-state index in [0.29, 0.717) is 10.8 Å². The Balaban J connectivity index is 1.99. The van der Waals surface area contributed by atoms with Crippen LogP contribution >= 0.6 is 0 Å². The molecular formula is C22H30O. The first-order valence-corrected chi connectivity index (χ1v) is 8.47. The Labute approximate surface area is 141 Å². The first kappa shape index (κ1) is 17.6. The molecule has 0 bridgehead atoms. The van der Waals surface area contributed by atoms with Crippen LogP contribution in [0, 0.1) is 10.8 Å². The van der Waals surface area contributed by atoms with Gasteiger partial charge in [0.15, 0.2) is 0 Å². The van der Waals surface area contributed by atoms with Crippen LogP contribution in [0.25, 0.3) is 0 Å². The quantitative estimate of drug-likeness (QED) is 0.613. The molecule has 0 aliphatic rings. The normalized spacial score (nSPS) is 12.3. The highest BCUT2D eigenvalue weighted by Gasteiger charge is 2.12. The molecule has 0 aliphatic carbocycles. The summed E-state index contributed by atoms with van der Waals surface area (Å²) in [7, 11) is 0. The molecule has 1 nitrogen and oxygen atoms in total. The summed E-state index contributed by atoms with van der Waals surface area (Å²) in [4.78, 5) is 0. The Bertz CT molecular complexity index is 550. The predicted molar refractivity (Wildman–Crippen MR) is 99.3 cm³/mol. The van der Waals surface area contributed by atoms with Crippen LogP contribution in [0.15, 0.2) is 48.5 Å². The highest BCUT2D eigenvalue weighted by Crippen LogP contribution is 2.26. The summed E-state index contributed by atoms with van der Waals surface area (Å²) in [5.41, 5.74) is 3.33. The Morgan fingerprint density at radius 1 is 0.565 bits per heavy atom. The smallest absolute Gasteiger partial charge is 0.127 e. The van der Waals surface area contributed by atoms with Crippen molar-refractivity contribution < 1.29 is 4.74 Å². The minimum atomic E-state index is 0.311. The molecule has 0 fully saturated rings. The number of hydrogen-bond donors (Lipinski definition) is 0. The number of benzene rings is 2. The Hall–Kier alpha value is -1.76. The maximum atomic E-state index is 5.95. The Kier molecular flexibility index (Phi) is 5.19. The molecule has 0 unspecified atom stereocenters. The summed E-state index contributed by atoms with van der Waals surface area (Å²) in [5, 5.41) is 0. The van der Waals surface area contributed by atoms with Crippen LogP contribution < -0.4 is 4.74 Å². The number of hydrogen-bond acceptors (Lipinski definition) is 1. The minimum absolute atomic E-state index is 0.311. The molecule has 1 heteroatoms. The zero-order valence-electron chi connectivity index (χ0n) is 15.4. The molecule has 2 aromatic rings. The Morgan fingerprint density at radius 3 is 1.13 bits per heavy atom. The monoisotopic (exact) mass is 310 g/mol. The standard InChI is InChI=1S/C22H30O/c1-21(2,3)15-17-7-11-19(12-8-17)23-20-13-9-18(10-14-20)16-22(4,5)6/h7-14H,15-16H2,1-6H3. The fourth-order valence-corrected chi connectivity index (χ4v) is 2.71. The van der Waals surface area contributed by atoms with E-state index < -0.39 is 0 Å². The van der Waals surface area contributed by atoms with Crippen LogP contribution in [0.2, 0.25) is 0 Å². The molecule has 0 saturated carbocycles. The molecule has 0 spiro atoms. The van der Waals surface area contributed by atoms with Crippen molar-refractivity contribution in [1.82, 2.24) is 0 Å². The molecular weight excluding hydrogens is 280 g/mol. The molecule has 0 saturated heterocycles. The van der Waals surface area contributed by atoms with E-state index in [1.165, 1.54) is 11.1 Å². The van der Waals surface area contributed by atoms with E-state index in [4.69, 9.17) is 4.74 Å². The van der Waals surface area contributed by atoms with Crippen molar-refractivity contribution in [1.29, 1.82) is 0 Å². The van der Waals surface area contributed by atoms with Gasteiger partial charge in [0.1, 0.15) is 11.5 Å². The molecule has 0 radical (unpaired) electrons. The maximum Gasteiger partial charge on any atom is 0.127 e. The largest absolute Gasteiger partial charge is 0.457 e. The van der Waals surface area contributed by atoms with Gasteiger partial charge in [0, 0.05) is 0 Å². The SMILES string of the molecule is CC(C)(C)Cc1ccc(Oc2ccc(CC(C)(C)C)cc2)cc1. The van der Waals surface area contributed by atoms with Gasteiger partial charge in [-0.15, -0.1) is 0 Å². The van der Waals surface area contributed by atoms with E-state index in [2.05, 4.69) is 90.1 Å². The van der Waals surface area contributed by atoms with E-state index in [-0.39, 0.29) is 0 Å². The summed E-state index contributed by atoms with van der Waals surface area (Å²) in [6.07, 6.45) is 2.16. The van der Waals surface area contributed by atoms with Crippen molar-refractivity contribution in [3.8, 4) is 11.5 Å². The van der Waals surface area contributed by atoms with Gasteiger partial charge in [0.2, 0.25) is 0 Å². The van der Waals surface area contributed by atoms with E-state index in [0.717, 1.165) is 24.3 Å². The highest BCUT2D eigenvalue weighted by molar-refractivity contribution is 5.35. The van der Waals surface area contributed by atoms with E-state index >= 15 is 0 Å². The molecule has 0 atom stereocenters. The summed E-state index contributed by atoms with van der Waals surface area (Å²) in [5.74, 6) is 1.79. The van der Waals surface area contributed by atoms with Crippen LogP contribution in [0.4, 0.5) is 0 Å². The lowest BCUT2D eigenvalue weighted by atomic mass is 9.88. The zero-order chi connectivity index (χ0) is 17.1. The Morgan fingerprint density at radius 2 is 0.870 bits per heavy atom. The molecule has 23 heavy (non-hydrogen) atoms. The van der Waals surface area contributed by atoms with Gasteiger partial charge in [-0.2, -0.15) is 0 Å². The van der Waals surface area contributed by atoms with Gasteiger partial charge in [-0.05, 0) is 59.1 Å². The van der Waals surface area contributed by atoms with Gasteiger partial charge in [-0.1, -0.05) is 65.8 Å². The molecule has 2 rings (SSSR count). The minimum Gasteiger partial charge on any atom is -0.457 e. The maximum absolute atomic E-state index is 5.95. The summed E-state index contributed by atoms with van der Waals surface area (Å²) in [6, 6.07) is 16.9. The zero-order valence-corrected chi connectivity index (χ0v) is 15.4. The van der Waals surface area contributed by atoms with Crippen molar-refractivity contribution in [3.05, 3.63) is 59.7 Å². The number of rotatable bonds is 4. The molecule has 0 aromatic heterocycles. The second kappa shape index (κ2) is 6.78. The topological polar surface area (TPSA) is 9.23 Å². The van der Waals surface area contributed by atoms with Gasteiger partial charge < -0.3 is 4.74 Å². The fourth-order valence-electron chi connectivity index (χ4n) is 2.71. The third-order valence-electron chi connectivity index (χ3n) is 3.55. The van der Waals surface area contributed by atoms with Crippen molar-refractivity contribution in [2.75, 3.05) is 0 Å². The lowest BCUT2D eigenvalue weighted by molar-refractivity contribution is 0.410. The van der Waals surface area contributed by atoms with Gasteiger partial charge in [0.25, 0.3) is 0 Å². The van der Waals surface area contributed by atoms with Crippen LogP contribution in [0.5, 0.6) is 11.5 Å². The highest BCUT2D eigenvalue weighted by atomic mass is 16.5. The third kappa shape index (κ3) is 6.48. The van der Waals surface area contributed by atoms with Crippen molar-refractivity contribution in [2.45, 2.75) is 54.4 Å². The second-order valence-corrected chi connectivity index (χ2v) is 8.86. The average molecular weight is 310 g/mol.